The van der Waals surface area contributed by atoms with Gasteiger partial charge in [-0.1, -0.05) is 26.0 Å². The van der Waals surface area contributed by atoms with E-state index in [1.165, 1.54) is 18.4 Å². The second-order valence-corrected chi connectivity index (χ2v) is 5.58. The topological polar surface area (TPSA) is 38.1 Å². The lowest BCUT2D eigenvalue weighted by molar-refractivity contribution is 0.570. The fraction of sp³-hybridized carbons (Fsp3) is 0.438. The molecule has 1 N–H and O–H groups in total. The molecule has 0 atom stereocenters. The molecule has 0 bridgehead atoms. The van der Waals surface area contributed by atoms with Crippen LogP contribution in [0.4, 0.5) is 0 Å². The lowest BCUT2D eigenvalue weighted by Crippen LogP contribution is -2.15. The highest BCUT2D eigenvalue weighted by Crippen LogP contribution is 2.23. The monoisotopic (exact) mass is 256 g/mol. The van der Waals surface area contributed by atoms with Crippen molar-refractivity contribution in [3.63, 3.8) is 0 Å². The van der Waals surface area contributed by atoms with Gasteiger partial charge in [-0.2, -0.15) is 0 Å². The van der Waals surface area contributed by atoms with Crippen LogP contribution in [0.25, 0.3) is 11.5 Å². The zero-order valence-electron chi connectivity index (χ0n) is 11.5. The van der Waals surface area contributed by atoms with Crippen molar-refractivity contribution in [1.29, 1.82) is 0 Å². The van der Waals surface area contributed by atoms with E-state index >= 15 is 0 Å². The molecule has 1 aromatic heterocycles. The minimum absolute atomic E-state index is 0.553. The Kier molecular flexibility index (Phi) is 3.38. The molecule has 3 nitrogen and oxygen atoms in total. The van der Waals surface area contributed by atoms with Crippen molar-refractivity contribution >= 4 is 0 Å². The van der Waals surface area contributed by atoms with Gasteiger partial charge in [-0.25, -0.2) is 4.98 Å². The molecule has 19 heavy (non-hydrogen) atoms. The number of nitrogens with one attached hydrogen (secondary N) is 1. The first-order valence-electron chi connectivity index (χ1n) is 7.00. The molecule has 2 aromatic rings. The molecule has 0 saturated heterocycles. The summed E-state index contributed by atoms with van der Waals surface area (Å²) in [6, 6.07) is 9.16. The summed E-state index contributed by atoms with van der Waals surface area (Å²) in [6.07, 6.45) is 4.34. The minimum atomic E-state index is 0.553. The van der Waals surface area contributed by atoms with Crippen LogP contribution in [0.5, 0.6) is 0 Å². The van der Waals surface area contributed by atoms with E-state index in [4.69, 9.17) is 4.42 Å². The van der Waals surface area contributed by atoms with Crippen LogP contribution >= 0.6 is 0 Å². The van der Waals surface area contributed by atoms with E-state index in [2.05, 4.69) is 48.4 Å². The number of aromatic nitrogens is 1. The second kappa shape index (κ2) is 5.17. The normalized spacial score (nSPS) is 15.1. The summed E-state index contributed by atoms with van der Waals surface area (Å²) in [5.41, 5.74) is 3.36. The molecule has 0 unspecified atom stereocenters. The number of benzene rings is 1. The van der Waals surface area contributed by atoms with Gasteiger partial charge in [0.25, 0.3) is 0 Å². The lowest BCUT2D eigenvalue weighted by atomic mass is 10.0. The maximum absolute atomic E-state index is 5.55. The molecule has 0 spiro atoms. The standard InChI is InChI=1S/C16H20N2O/c1-11(2)12-3-5-13(6-4-12)16-18-15(10-19-16)9-17-14-7-8-14/h3-6,10-11,14,17H,7-9H2,1-2H3. The average molecular weight is 256 g/mol. The summed E-state index contributed by atoms with van der Waals surface area (Å²) >= 11 is 0. The third-order valence-corrected chi connectivity index (χ3v) is 3.53. The predicted octanol–water partition coefficient (Wildman–Crippen LogP) is 3.72. The molecule has 3 rings (SSSR count). The van der Waals surface area contributed by atoms with Crippen molar-refractivity contribution in [2.24, 2.45) is 0 Å². The van der Waals surface area contributed by atoms with E-state index in [9.17, 15) is 0 Å². The molecule has 0 aliphatic heterocycles. The van der Waals surface area contributed by atoms with E-state index in [-0.39, 0.29) is 0 Å². The first kappa shape index (κ1) is 12.4. The van der Waals surface area contributed by atoms with Crippen LogP contribution in [0.2, 0.25) is 0 Å². The first-order chi connectivity index (χ1) is 9.22. The quantitative estimate of drug-likeness (QED) is 0.886. The van der Waals surface area contributed by atoms with Gasteiger partial charge in [0.1, 0.15) is 6.26 Å². The van der Waals surface area contributed by atoms with Gasteiger partial charge >= 0.3 is 0 Å². The molecule has 1 saturated carbocycles. The highest BCUT2D eigenvalue weighted by molar-refractivity contribution is 5.53. The van der Waals surface area contributed by atoms with Gasteiger partial charge in [-0.15, -0.1) is 0 Å². The number of nitrogens with zero attached hydrogens (tertiary/aromatic N) is 1. The van der Waals surface area contributed by atoms with Crippen LogP contribution in [0.15, 0.2) is 34.9 Å². The molecular formula is C16H20N2O. The van der Waals surface area contributed by atoms with E-state index in [0.717, 1.165) is 17.8 Å². The molecule has 1 aliphatic carbocycles. The zero-order chi connectivity index (χ0) is 13.2. The molecule has 0 amide bonds. The first-order valence-corrected chi connectivity index (χ1v) is 7.00. The molecule has 1 aromatic carbocycles. The fourth-order valence-corrected chi connectivity index (χ4v) is 2.07. The molecule has 3 heteroatoms. The van der Waals surface area contributed by atoms with Crippen LogP contribution in [0, 0.1) is 0 Å². The summed E-state index contributed by atoms with van der Waals surface area (Å²) in [4.78, 5) is 4.53. The Morgan fingerprint density at radius 3 is 2.63 bits per heavy atom. The smallest absolute Gasteiger partial charge is 0.226 e. The summed E-state index contributed by atoms with van der Waals surface area (Å²) < 4.78 is 5.55. The predicted molar refractivity (Wildman–Crippen MR) is 75.9 cm³/mol. The highest BCUT2D eigenvalue weighted by Gasteiger charge is 2.20. The third-order valence-electron chi connectivity index (χ3n) is 3.53. The van der Waals surface area contributed by atoms with Crippen molar-refractivity contribution in [3.05, 3.63) is 41.8 Å². The van der Waals surface area contributed by atoms with Gasteiger partial charge in [-0.05, 0) is 36.5 Å². The number of hydrogen-bond acceptors (Lipinski definition) is 3. The van der Waals surface area contributed by atoms with Gasteiger partial charge in [0.05, 0.1) is 5.69 Å². The Morgan fingerprint density at radius 2 is 2.00 bits per heavy atom. The Bertz CT molecular complexity index is 538. The van der Waals surface area contributed by atoms with E-state index in [1.807, 2.05) is 0 Å². The van der Waals surface area contributed by atoms with Crippen molar-refractivity contribution in [3.8, 4) is 11.5 Å². The van der Waals surface area contributed by atoms with Gasteiger partial charge in [0.15, 0.2) is 0 Å². The summed E-state index contributed by atoms with van der Waals surface area (Å²) in [5.74, 6) is 1.26. The Hall–Kier alpha value is -1.61. The summed E-state index contributed by atoms with van der Waals surface area (Å²) in [5, 5.41) is 3.44. The highest BCUT2D eigenvalue weighted by atomic mass is 16.3. The van der Waals surface area contributed by atoms with Crippen molar-refractivity contribution in [1.82, 2.24) is 10.3 Å². The number of oxazole rings is 1. The van der Waals surface area contributed by atoms with Crippen LogP contribution in [0.1, 0.15) is 43.9 Å². The molecular weight excluding hydrogens is 236 g/mol. The maximum atomic E-state index is 5.55. The van der Waals surface area contributed by atoms with E-state index in [1.54, 1.807) is 6.26 Å². The van der Waals surface area contributed by atoms with Crippen LogP contribution in [-0.4, -0.2) is 11.0 Å². The van der Waals surface area contributed by atoms with Crippen LogP contribution in [0.3, 0.4) is 0 Å². The SMILES string of the molecule is CC(C)c1ccc(-c2nc(CNC3CC3)co2)cc1. The minimum Gasteiger partial charge on any atom is -0.444 e. The van der Waals surface area contributed by atoms with E-state index in [0.29, 0.717) is 17.9 Å². The number of hydrogen-bond donors (Lipinski definition) is 1. The van der Waals surface area contributed by atoms with Gasteiger partial charge in [0, 0.05) is 18.2 Å². The van der Waals surface area contributed by atoms with Crippen LogP contribution in [-0.2, 0) is 6.54 Å². The van der Waals surface area contributed by atoms with Crippen molar-refractivity contribution < 1.29 is 4.42 Å². The fourth-order valence-electron chi connectivity index (χ4n) is 2.07. The molecule has 1 fully saturated rings. The lowest BCUT2D eigenvalue weighted by Gasteiger charge is -2.04. The van der Waals surface area contributed by atoms with Gasteiger partial charge in [0.2, 0.25) is 5.89 Å². The van der Waals surface area contributed by atoms with Crippen molar-refractivity contribution in [2.45, 2.75) is 45.2 Å². The second-order valence-electron chi connectivity index (χ2n) is 5.58. The van der Waals surface area contributed by atoms with Crippen molar-refractivity contribution in [2.75, 3.05) is 0 Å². The van der Waals surface area contributed by atoms with Crippen LogP contribution < -0.4 is 5.32 Å². The average Bonchev–Trinajstić information content (AvgIpc) is 3.13. The summed E-state index contributed by atoms with van der Waals surface area (Å²) in [6.45, 7) is 5.20. The third kappa shape index (κ3) is 3.04. The van der Waals surface area contributed by atoms with E-state index < -0.39 is 0 Å². The molecule has 0 radical (unpaired) electrons. The Labute approximate surface area is 114 Å². The molecule has 1 aliphatic rings. The number of rotatable bonds is 5. The summed E-state index contributed by atoms with van der Waals surface area (Å²) in [7, 11) is 0. The largest absolute Gasteiger partial charge is 0.444 e. The van der Waals surface area contributed by atoms with Gasteiger partial charge < -0.3 is 9.73 Å². The maximum Gasteiger partial charge on any atom is 0.226 e. The molecule has 100 valence electrons. The van der Waals surface area contributed by atoms with Gasteiger partial charge in [-0.3, -0.25) is 0 Å². The molecule has 1 heterocycles. The Balaban J connectivity index is 1.70. The zero-order valence-corrected chi connectivity index (χ0v) is 11.5. The Morgan fingerprint density at radius 1 is 1.26 bits per heavy atom.